The van der Waals surface area contributed by atoms with E-state index in [0.717, 1.165) is 32.5 Å². The fraction of sp³-hybridized carbons (Fsp3) is 0.769. The molecule has 7 nitrogen and oxygen atoms in total. The smallest absolute Gasteiger partial charge is 0.323 e. The highest BCUT2D eigenvalue weighted by molar-refractivity contribution is 5.35. The van der Waals surface area contributed by atoms with E-state index in [4.69, 9.17) is 4.74 Å². The lowest BCUT2D eigenvalue weighted by atomic mass is 10.3. The van der Waals surface area contributed by atoms with Gasteiger partial charge in [-0.25, -0.2) is 0 Å². The first-order valence-electron chi connectivity index (χ1n) is 7.17. The highest BCUT2D eigenvalue weighted by atomic mass is 16.5. The molecule has 0 saturated carbocycles. The summed E-state index contributed by atoms with van der Waals surface area (Å²) in [5, 5.41) is 6.29. The zero-order chi connectivity index (χ0) is 14.8. The number of ether oxygens (including phenoxy) is 1. The van der Waals surface area contributed by atoms with Crippen molar-refractivity contribution in [3.63, 3.8) is 0 Å². The van der Waals surface area contributed by atoms with Gasteiger partial charge >= 0.3 is 6.01 Å². The molecule has 0 spiro atoms. The molecule has 0 aliphatic rings. The monoisotopic (exact) mass is 282 g/mol. The van der Waals surface area contributed by atoms with Crippen LogP contribution in [0.5, 0.6) is 6.01 Å². The lowest BCUT2D eigenvalue weighted by molar-refractivity contribution is 0.312. The van der Waals surface area contributed by atoms with E-state index in [2.05, 4.69) is 44.6 Å². The summed E-state index contributed by atoms with van der Waals surface area (Å²) < 4.78 is 5.34. The number of hydrogen-bond acceptors (Lipinski definition) is 7. The van der Waals surface area contributed by atoms with Crippen molar-refractivity contribution < 1.29 is 4.74 Å². The van der Waals surface area contributed by atoms with Gasteiger partial charge in [-0.2, -0.15) is 15.0 Å². The molecular weight excluding hydrogens is 256 g/mol. The van der Waals surface area contributed by atoms with Crippen LogP contribution in [0.4, 0.5) is 11.9 Å². The fourth-order valence-electron chi connectivity index (χ4n) is 1.62. The number of aromatic nitrogens is 3. The zero-order valence-electron chi connectivity index (χ0n) is 12.9. The Bertz CT molecular complexity index is 361. The van der Waals surface area contributed by atoms with Crippen LogP contribution >= 0.6 is 0 Å². The Kier molecular flexibility index (Phi) is 7.64. The Morgan fingerprint density at radius 2 is 1.70 bits per heavy atom. The number of rotatable bonds is 10. The van der Waals surface area contributed by atoms with Crippen LogP contribution in [-0.2, 0) is 0 Å². The van der Waals surface area contributed by atoms with E-state index in [-0.39, 0.29) is 0 Å². The summed E-state index contributed by atoms with van der Waals surface area (Å²) in [7, 11) is 4.16. The van der Waals surface area contributed by atoms with Gasteiger partial charge in [0.15, 0.2) is 0 Å². The molecular formula is C13H26N6O. The predicted octanol–water partition coefficient (Wildman–Crippen LogP) is 1.46. The maximum Gasteiger partial charge on any atom is 0.323 e. The van der Waals surface area contributed by atoms with E-state index in [1.54, 1.807) is 0 Å². The third-order valence-corrected chi connectivity index (χ3v) is 2.54. The summed E-state index contributed by atoms with van der Waals surface area (Å²) >= 11 is 0. The Balaban J connectivity index is 2.50. The SMILES string of the molecule is CCNc1nc(NCCCCN(C)C)nc(OCC)n1. The molecule has 0 aliphatic carbocycles. The van der Waals surface area contributed by atoms with Gasteiger partial charge in [-0.3, -0.25) is 0 Å². The average Bonchev–Trinajstić information content (AvgIpc) is 2.38. The predicted molar refractivity (Wildman–Crippen MR) is 81.4 cm³/mol. The Morgan fingerprint density at radius 1 is 1.00 bits per heavy atom. The molecule has 1 rings (SSSR count). The van der Waals surface area contributed by atoms with Gasteiger partial charge in [0, 0.05) is 13.1 Å². The van der Waals surface area contributed by atoms with Crippen molar-refractivity contribution in [1.82, 2.24) is 19.9 Å². The van der Waals surface area contributed by atoms with Crippen LogP contribution in [0.1, 0.15) is 26.7 Å². The minimum absolute atomic E-state index is 0.356. The molecule has 0 saturated heterocycles. The Morgan fingerprint density at radius 3 is 2.30 bits per heavy atom. The Hall–Kier alpha value is -1.63. The minimum atomic E-state index is 0.356. The quantitative estimate of drug-likeness (QED) is 0.629. The molecule has 0 radical (unpaired) electrons. The number of unbranched alkanes of at least 4 members (excludes halogenated alkanes) is 1. The molecule has 0 amide bonds. The number of anilines is 2. The molecule has 20 heavy (non-hydrogen) atoms. The van der Waals surface area contributed by atoms with Gasteiger partial charge in [0.05, 0.1) is 6.61 Å². The van der Waals surface area contributed by atoms with Gasteiger partial charge in [0.1, 0.15) is 0 Å². The highest BCUT2D eigenvalue weighted by Gasteiger charge is 2.06. The van der Waals surface area contributed by atoms with Crippen molar-refractivity contribution in [2.45, 2.75) is 26.7 Å². The van der Waals surface area contributed by atoms with Crippen LogP contribution < -0.4 is 15.4 Å². The lowest BCUT2D eigenvalue weighted by Crippen LogP contribution is -2.15. The molecule has 0 unspecified atom stereocenters. The summed E-state index contributed by atoms with van der Waals surface area (Å²) in [5.74, 6) is 1.10. The number of hydrogen-bond donors (Lipinski definition) is 2. The average molecular weight is 282 g/mol. The van der Waals surface area contributed by atoms with Gasteiger partial charge in [0.25, 0.3) is 0 Å². The second-order valence-corrected chi connectivity index (χ2v) is 4.67. The molecule has 0 aromatic carbocycles. The highest BCUT2D eigenvalue weighted by Crippen LogP contribution is 2.11. The van der Waals surface area contributed by atoms with Gasteiger partial charge in [-0.15, -0.1) is 0 Å². The maximum absolute atomic E-state index is 5.34. The molecule has 0 fully saturated rings. The van der Waals surface area contributed by atoms with E-state index < -0.39 is 0 Å². The van der Waals surface area contributed by atoms with Crippen LogP contribution in [0, 0.1) is 0 Å². The maximum atomic E-state index is 5.34. The Labute approximate surface area is 121 Å². The van der Waals surface area contributed by atoms with Crippen LogP contribution in [0.25, 0.3) is 0 Å². The van der Waals surface area contributed by atoms with E-state index >= 15 is 0 Å². The van der Waals surface area contributed by atoms with Gasteiger partial charge in [0.2, 0.25) is 11.9 Å². The second kappa shape index (κ2) is 9.30. The van der Waals surface area contributed by atoms with E-state index in [0.29, 0.717) is 24.5 Å². The van der Waals surface area contributed by atoms with Crippen molar-refractivity contribution in [2.75, 3.05) is 51.0 Å². The normalized spacial score (nSPS) is 10.7. The summed E-state index contributed by atoms with van der Waals surface area (Å²) in [6.07, 6.45) is 2.22. The standard InChI is InChI=1S/C13H26N6O/c1-5-14-11-16-12(18-13(17-11)20-6-2)15-9-7-8-10-19(3)4/h5-10H2,1-4H3,(H2,14,15,16,17,18). The first kappa shape index (κ1) is 16.4. The van der Waals surface area contributed by atoms with Crippen LogP contribution in [0.3, 0.4) is 0 Å². The molecule has 0 aliphatic heterocycles. The number of nitrogens with one attached hydrogen (secondary N) is 2. The second-order valence-electron chi connectivity index (χ2n) is 4.67. The fourth-order valence-corrected chi connectivity index (χ4v) is 1.62. The van der Waals surface area contributed by atoms with Crippen LogP contribution in [0.15, 0.2) is 0 Å². The van der Waals surface area contributed by atoms with E-state index in [9.17, 15) is 0 Å². The molecule has 0 atom stereocenters. The molecule has 1 aromatic heterocycles. The molecule has 1 heterocycles. The summed E-state index contributed by atoms with van der Waals surface area (Å²) in [4.78, 5) is 14.9. The van der Waals surface area contributed by atoms with Crippen molar-refractivity contribution in [1.29, 1.82) is 0 Å². The summed E-state index contributed by atoms with van der Waals surface area (Å²) in [6.45, 7) is 7.14. The topological polar surface area (TPSA) is 75.2 Å². The summed E-state index contributed by atoms with van der Waals surface area (Å²) in [6, 6.07) is 0.356. The molecule has 114 valence electrons. The van der Waals surface area contributed by atoms with Crippen molar-refractivity contribution in [2.24, 2.45) is 0 Å². The summed E-state index contributed by atoms with van der Waals surface area (Å²) in [5.41, 5.74) is 0. The largest absolute Gasteiger partial charge is 0.464 e. The van der Waals surface area contributed by atoms with Gasteiger partial charge < -0.3 is 20.3 Å². The zero-order valence-corrected chi connectivity index (χ0v) is 12.9. The first-order chi connectivity index (χ1) is 9.65. The van der Waals surface area contributed by atoms with E-state index in [1.165, 1.54) is 0 Å². The van der Waals surface area contributed by atoms with Crippen molar-refractivity contribution in [3.8, 4) is 6.01 Å². The lowest BCUT2D eigenvalue weighted by Gasteiger charge is -2.11. The first-order valence-corrected chi connectivity index (χ1v) is 7.17. The molecule has 1 aromatic rings. The van der Waals surface area contributed by atoms with Crippen molar-refractivity contribution >= 4 is 11.9 Å². The number of nitrogens with zero attached hydrogens (tertiary/aromatic N) is 4. The third-order valence-electron chi connectivity index (χ3n) is 2.54. The van der Waals surface area contributed by atoms with Crippen LogP contribution in [0.2, 0.25) is 0 Å². The third kappa shape index (κ3) is 6.51. The molecule has 0 bridgehead atoms. The van der Waals surface area contributed by atoms with Gasteiger partial charge in [-0.1, -0.05) is 0 Å². The van der Waals surface area contributed by atoms with E-state index in [1.807, 2.05) is 13.8 Å². The van der Waals surface area contributed by atoms with Crippen LogP contribution in [-0.4, -0.2) is 60.2 Å². The molecule has 2 N–H and O–H groups in total. The van der Waals surface area contributed by atoms with Crippen molar-refractivity contribution in [3.05, 3.63) is 0 Å². The minimum Gasteiger partial charge on any atom is -0.464 e. The van der Waals surface area contributed by atoms with Gasteiger partial charge in [-0.05, 0) is 47.3 Å². The molecule has 7 heteroatoms.